The first kappa shape index (κ1) is 15.7. The highest BCUT2D eigenvalue weighted by molar-refractivity contribution is 5.88. The summed E-state index contributed by atoms with van der Waals surface area (Å²) in [4.78, 5) is 12.6. The van der Waals surface area contributed by atoms with E-state index < -0.39 is 0 Å². The molecule has 2 N–H and O–H groups in total. The van der Waals surface area contributed by atoms with Crippen LogP contribution in [0.1, 0.15) is 38.7 Å². The first-order valence-corrected chi connectivity index (χ1v) is 7.19. The molecule has 0 saturated carbocycles. The zero-order chi connectivity index (χ0) is 14.1. The first-order chi connectivity index (χ1) is 9.21. The molecule has 1 rings (SSSR count). The molecule has 0 heterocycles. The Morgan fingerprint density at radius 3 is 2.26 bits per heavy atom. The quantitative estimate of drug-likeness (QED) is 0.707. The van der Waals surface area contributed by atoms with E-state index in [2.05, 4.69) is 36.6 Å². The van der Waals surface area contributed by atoms with Crippen molar-refractivity contribution in [2.24, 2.45) is 0 Å². The van der Waals surface area contributed by atoms with Crippen LogP contribution < -0.4 is 10.6 Å². The van der Waals surface area contributed by atoms with Crippen molar-refractivity contribution in [1.29, 1.82) is 0 Å². The van der Waals surface area contributed by atoms with Gasteiger partial charge in [-0.2, -0.15) is 0 Å². The van der Waals surface area contributed by atoms with Crippen LogP contribution in [0.4, 0.5) is 0 Å². The van der Waals surface area contributed by atoms with Crippen LogP contribution in [0.15, 0.2) is 30.3 Å². The number of nitrogens with one attached hydrogen (secondary N) is 2. The van der Waals surface area contributed by atoms with E-state index in [1.165, 1.54) is 0 Å². The van der Waals surface area contributed by atoms with Gasteiger partial charge in [0.15, 0.2) is 0 Å². The number of hydrogen-bond donors (Lipinski definition) is 2. The van der Waals surface area contributed by atoms with Crippen molar-refractivity contribution in [3.63, 3.8) is 0 Å². The molecule has 0 aliphatic rings. The smallest absolute Gasteiger partial charge is 0.230 e. The Morgan fingerprint density at radius 1 is 1.11 bits per heavy atom. The fourth-order valence-electron chi connectivity index (χ4n) is 2.50. The lowest BCUT2D eigenvalue weighted by atomic mass is 9.75. The SMILES string of the molecule is CCC(CC)(C(=O)NCCCNC)c1ccccc1. The van der Waals surface area contributed by atoms with E-state index in [0.717, 1.165) is 37.9 Å². The molecule has 0 aliphatic heterocycles. The van der Waals surface area contributed by atoms with E-state index in [4.69, 9.17) is 0 Å². The standard InChI is InChI=1S/C16H26N2O/c1-4-16(5-2,14-10-7-6-8-11-14)15(19)18-13-9-12-17-3/h6-8,10-11,17H,4-5,9,12-13H2,1-3H3,(H,18,19). The minimum absolute atomic E-state index is 0.153. The van der Waals surface area contributed by atoms with Crippen LogP contribution in [0.3, 0.4) is 0 Å². The highest BCUT2D eigenvalue weighted by Crippen LogP contribution is 2.31. The molecule has 0 bridgehead atoms. The molecule has 3 nitrogen and oxygen atoms in total. The molecule has 0 fully saturated rings. The molecule has 1 aromatic rings. The van der Waals surface area contributed by atoms with Crippen LogP contribution in [-0.2, 0) is 10.2 Å². The lowest BCUT2D eigenvalue weighted by molar-refractivity contribution is -0.127. The molecule has 0 atom stereocenters. The molecule has 3 heteroatoms. The van der Waals surface area contributed by atoms with Crippen molar-refractivity contribution >= 4 is 5.91 Å². The van der Waals surface area contributed by atoms with Gasteiger partial charge in [0.2, 0.25) is 5.91 Å². The third kappa shape index (κ3) is 3.80. The maximum absolute atomic E-state index is 12.6. The summed E-state index contributed by atoms with van der Waals surface area (Å²) in [6, 6.07) is 10.1. The first-order valence-electron chi connectivity index (χ1n) is 7.19. The lowest BCUT2D eigenvalue weighted by Gasteiger charge is -2.31. The van der Waals surface area contributed by atoms with Crippen LogP contribution in [0.5, 0.6) is 0 Å². The zero-order valence-electron chi connectivity index (χ0n) is 12.3. The van der Waals surface area contributed by atoms with Gasteiger partial charge in [-0.3, -0.25) is 4.79 Å². The van der Waals surface area contributed by atoms with Gasteiger partial charge in [-0.1, -0.05) is 44.2 Å². The Morgan fingerprint density at radius 2 is 1.74 bits per heavy atom. The summed E-state index contributed by atoms with van der Waals surface area (Å²) in [5.74, 6) is 0.153. The van der Waals surface area contributed by atoms with Crippen molar-refractivity contribution in [3.05, 3.63) is 35.9 Å². The van der Waals surface area contributed by atoms with Gasteiger partial charge in [0.05, 0.1) is 5.41 Å². The molecular weight excluding hydrogens is 236 g/mol. The molecule has 1 aromatic carbocycles. The van der Waals surface area contributed by atoms with E-state index in [9.17, 15) is 4.79 Å². The summed E-state index contributed by atoms with van der Waals surface area (Å²) in [6.45, 7) is 5.83. The van der Waals surface area contributed by atoms with Gasteiger partial charge in [-0.15, -0.1) is 0 Å². The fourth-order valence-corrected chi connectivity index (χ4v) is 2.50. The number of benzene rings is 1. The number of rotatable bonds is 8. The van der Waals surface area contributed by atoms with Crippen molar-refractivity contribution in [2.75, 3.05) is 20.1 Å². The fraction of sp³-hybridized carbons (Fsp3) is 0.562. The predicted molar refractivity (Wildman–Crippen MR) is 80.3 cm³/mol. The third-order valence-corrected chi connectivity index (χ3v) is 3.86. The molecule has 106 valence electrons. The Labute approximate surface area is 116 Å². The van der Waals surface area contributed by atoms with E-state index in [0.29, 0.717) is 0 Å². The molecule has 0 aliphatic carbocycles. The van der Waals surface area contributed by atoms with Gasteiger partial charge in [0, 0.05) is 6.54 Å². The Hall–Kier alpha value is -1.35. The van der Waals surface area contributed by atoms with Gasteiger partial charge in [-0.05, 0) is 38.4 Å². The van der Waals surface area contributed by atoms with Crippen molar-refractivity contribution in [2.45, 2.75) is 38.5 Å². The van der Waals surface area contributed by atoms with Gasteiger partial charge in [-0.25, -0.2) is 0 Å². The molecular formula is C16H26N2O. The summed E-state index contributed by atoms with van der Waals surface area (Å²) in [5, 5.41) is 6.17. The van der Waals surface area contributed by atoms with Crippen LogP contribution in [0.25, 0.3) is 0 Å². The van der Waals surface area contributed by atoms with Crippen LogP contribution >= 0.6 is 0 Å². The van der Waals surface area contributed by atoms with Gasteiger partial charge >= 0.3 is 0 Å². The number of amides is 1. The molecule has 0 saturated heterocycles. The molecule has 19 heavy (non-hydrogen) atoms. The maximum atomic E-state index is 12.6. The average Bonchev–Trinajstić information content (AvgIpc) is 2.47. The van der Waals surface area contributed by atoms with Crippen LogP contribution in [-0.4, -0.2) is 26.0 Å². The number of carbonyl (C=O) groups is 1. The zero-order valence-corrected chi connectivity index (χ0v) is 12.3. The number of carbonyl (C=O) groups excluding carboxylic acids is 1. The predicted octanol–water partition coefficient (Wildman–Crippen LogP) is 2.47. The molecule has 0 radical (unpaired) electrons. The van der Waals surface area contributed by atoms with Crippen molar-refractivity contribution < 1.29 is 4.79 Å². The summed E-state index contributed by atoms with van der Waals surface area (Å²) in [5.41, 5.74) is 0.729. The third-order valence-electron chi connectivity index (χ3n) is 3.86. The normalized spacial score (nSPS) is 11.3. The second kappa shape index (κ2) is 7.95. The maximum Gasteiger partial charge on any atom is 0.230 e. The minimum Gasteiger partial charge on any atom is -0.355 e. The highest BCUT2D eigenvalue weighted by Gasteiger charge is 2.36. The van der Waals surface area contributed by atoms with Crippen LogP contribution in [0, 0.1) is 0 Å². The van der Waals surface area contributed by atoms with Crippen LogP contribution in [0.2, 0.25) is 0 Å². The molecule has 1 amide bonds. The van der Waals surface area contributed by atoms with Gasteiger partial charge in [0.25, 0.3) is 0 Å². The monoisotopic (exact) mass is 262 g/mol. The lowest BCUT2D eigenvalue weighted by Crippen LogP contribution is -2.44. The minimum atomic E-state index is -0.388. The van der Waals surface area contributed by atoms with E-state index >= 15 is 0 Å². The molecule has 0 aromatic heterocycles. The Kier molecular flexibility index (Phi) is 6.57. The highest BCUT2D eigenvalue weighted by atomic mass is 16.2. The second-order valence-corrected chi connectivity index (χ2v) is 4.87. The van der Waals surface area contributed by atoms with Crippen molar-refractivity contribution in [1.82, 2.24) is 10.6 Å². The summed E-state index contributed by atoms with van der Waals surface area (Å²) < 4.78 is 0. The van der Waals surface area contributed by atoms with Crippen molar-refractivity contribution in [3.8, 4) is 0 Å². The Balaban J connectivity index is 2.79. The van der Waals surface area contributed by atoms with E-state index in [1.807, 2.05) is 25.2 Å². The Bertz CT molecular complexity index is 372. The largest absolute Gasteiger partial charge is 0.355 e. The molecule has 0 unspecified atom stereocenters. The van der Waals surface area contributed by atoms with Gasteiger partial charge in [0.1, 0.15) is 0 Å². The van der Waals surface area contributed by atoms with E-state index in [-0.39, 0.29) is 11.3 Å². The molecule has 0 spiro atoms. The van der Waals surface area contributed by atoms with E-state index in [1.54, 1.807) is 0 Å². The summed E-state index contributed by atoms with van der Waals surface area (Å²) in [7, 11) is 1.92. The second-order valence-electron chi connectivity index (χ2n) is 4.87. The van der Waals surface area contributed by atoms with Gasteiger partial charge < -0.3 is 10.6 Å². The summed E-state index contributed by atoms with van der Waals surface area (Å²) in [6.07, 6.45) is 2.61. The topological polar surface area (TPSA) is 41.1 Å². The summed E-state index contributed by atoms with van der Waals surface area (Å²) >= 11 is 0. The average molecular weight is 262 g/mol. The number of hydrogen-bond acceptors (Lipinski definition) is 2.